The topological polar surface area (TPSA) is 70.2 Å². The Labute approximate surface area is 169 Å². The first-order chi connectivity index (χ1) is 13.4. The number of rotatable bonds is 8. The largest absolute Gasteiger partial charge is 0.484 e. The van der Waals surface area contributed by atoms with E-state index < -0.39 is 0 Å². The molecule has 0 unspecified atom stereocenters. The van der Waals surface area contributed by atoms with Crippen molar-refractivity contribution < 1.29 is 13.9 Å². The maximum absolute atomic E-state index is 12.6. The molecule has 0 saturated carbocycles. The molecule has 148 valence electrons. The van der Waals surface area contributed by atoms with Gasteiger partial charge in [-0.15, -0.1) is 10.2 Å². The highest BCUT2D eigenvalue weighted by molar-refractivity contribution is 7.99. The summed E-state index contributed by atoms with van der Waals surface area (Å²) in [7, 11) is 0. The number of carbonyl (C=O) groups is 1. The molecule has 0 aliphatic carbocycles. The summed E-state index contributed by atoms with van der Waals surface area (Å²) in [6.07, 6.45) is 0. The van der Waals surface area contributed by atoms with Crippen LogP contribution in [0.2, 0.25) is 0 Å². The van der Waals surface area contributed by atoms with Gasteiger partial charge in [-0.1, -0.05) is 23.9 Å². The third kappa shape index (κ3) is 4.47. The van der Waals surface area contributed by atoms with E-state index in [2.05, 4.69) is 21.7 Å². The highest BCUT2D eigenvalue weighted by Crippen LogP contribution is 2.23. The first-order valence-electron chi connectivity index (χ1n) is 9.24. The lowest BCUT2D eigenvalue weighted by Gasteiger charge is -2.07. The number of hydrogen-bond acceptors (Lipinski definition) is 6. The molecule has 6 nitrogen and oxygen atoms in total. The molecule has 0 bridgehead atoms. The molecule has 0 aliphatic rings. The number of ketones is 1. The molecular weight excluding hydrogens is 374 g/mol. The summed E-state index contributed by atoms with van der Waals surface area (Å²) in [5.74, 6) is 1.51. The van der Waals surface area contributed by atoms with Crippen molar-refractivity contribution in [2.75, 3.05) is 5.75 Å². The number of thioether (sulfide) groups is 1. The normalized spacial score (nSPS) is 11.0. The standard InChI is InChI=1S/C21H25N3O3S/c1-6-24-15(4)10-17(16(24)5)18(25)12-28-21-23-22-20(27-21)11-26-19-9-13(2)7-8-14(19)3/h7-10H,6,11-12H2,1-5H3. The zero-order valence-corrected chi connectivity index (χ0v) is 17.7. The van der Waals surface area contributed by atoms with Crippen molar-refractivity contribution in [3.8, 4) is 5.75 Å². The zero-order chi connectivity index (χ0) is 20.3. The minimum atomic E-state index is 0.0594. The van der Waals surface area contributed by atoms with E-state index >= 15 is 0 Å². The lowest BCUT2D eigenvalue weighted by molar-refractivity contribution is 0.102. The molecule has 0 fully saturated rings. The van der Waals surface area contributed by atoms with Crippen LogP contribution in [0.1, 0.15) is 45.7 Å². The number of benzene rings is 1. The number of aryl methyl sites for hydroxylation is 3. The van der Waals surface area contributed by atoms with E-state index in [0.717, 1.165) is 40.4 Å². The Hall–Kier alpha value is -2.54. The smallest absolute Gasteiger partial charge is 0.277 e. The van der Waals surface area contributed by atoms with Crippen LogP contribution < -0.4 is 4.74 Å². The molecule has 3 rings (SSSR count). The fourth-order valence-corrected chi connectivity index (χ4v) is 3.80. The van der Waals surface area contributed by atoms with Gasteiger partial charge in [0.2, 0.25) is 0 Å². The summed E-state index contributed by atoms with van der Waals surface area (Å²) < 4.78 is 13.5. The van der Waals surface area contributed by atoms with Crippen LogP contribution in [-0.2, 0) is 13.2 Å². The predicted molar refractivity (Wildman–Crippen MR) is 109 cm³/mol. The Morgan fingerprint density at radius 3 is 2.68 bits per heavy atom. The average Bonchev–Trinajstić information content (AvgIpc) is 3.24. The van der Waals surface area contributed by atoms with E-state index in [1.165, 1.54) is 11.8 Å². The van der Waals surface area contributed by atoms with Crippen molar-refractivity contribution in [1.82, 2.24) is 14.8 Å². The van der Waals surface area contributed by atoms with E-state index in [1.54, 1.807) is 0 Å². The molecule has 1 aromatic carbocycles. The molecule has 0 atom stereocenters. The predicted octanol–water partition coefficient (Wildman–Crippen LogP) is 4.68. The van der Waals surface area contributed by atoms with E-state index in [9.17, 15) is 4.79 Å². The van der Waals surface area contributed by atoms with Gasteiger partial charge in [0.25, 0.3) is 11.1 Å². The van der Waals surface area contributed by atoms with Crippen molar-refractivity contribution in [1.29, 1.82) is 0 Å². The third-order valence-corrected chi connectivity index (χ3v) is 5.48. The molecule has 28 heavy (non-hydrogen) atoms. The number of aromatic nitrogens is 3. The Balaban J connectivity index is 1.57. The van der Waals surface area contributed by atoms with Crippen LogP contribution in [0.25, 0.3) is 0 Å². The lowest BCUT2D eigenvalue weighted by Crippen LogP contribution is -2.05. The van der Waals surface area contributed by atoms with Crippen LogP contribution in [0.5, 0.6) is 5.75 Å². The van der Waals surface area contributed by atoms with Crippen LogP contribution in [0.4, 0.5) is 0 Å². The summed E-state index contributed by atoms with van der Waals surface area (Å²) in [4.78, 5) is 12.6. The summed E-state index contributed by atoms with van der Waals surface area (Å²) in [5.41, 5.74) is 5.03. The molecule has 0 radical (unpaired) electrons. The van der Waals surface area contributed by atoms with Gasteiger partial charge in [-0.3, -0.25) is 4.79 Å². The lowest BCUT2D eigenvalue weighted by atomic mass is 10.1. The Kier molecular flexibility index (Phi) is 6.24. The zero-order valence-electron chi connectivity index (χ0n) is 16.9. The van der Waals surface area contributed by atoms with Crippen LogP contribution >= 0.6 is 11.8 Å². The third-order valence-electron chi connectivity index (χ3n) is 4.66. The van der Waals surface area contributed by atoms with Gasteiger partial charge in [0.15, 0.2) is 12.4 Å². The minimum Gasteiger partial charge on any atom is -0.484 e. The van der Waals surface area contributed by atoms with Crippen molar-refractivity contribution in [3.05, 3.63) is 58.2 Å². The molecule has 0 amide bonds. The first kappa shape index (κ1) is 20.2. The molecule has 7 heteroatoms. The molecule has 0 N–H and O–H groups in total. The molecule has 3 aromatic rings. The van der Waals surface area contributed by atoms with Gasteiger partial charge in [0, 0.05) is 23.5 Å². The summed E-state index contributed by atoms with van der Waals surface area (Å²) in [6, 6.07) is 7.98. The summed E-state index contributed by atoms with van der Waals surface area (Å²) in [5, 5.41) is 8.38. The number of hydrogen-bond donors (Lipinski definition) is 0. The van der Waals surface area contributed by atoms with Gasteiger partial charge < -0.3 is 13.7 Å². The molecule has 0 spiro atoms. The van der Waals surface area contributed by atoms with Crippen molar-refractivity contribution in [2.45, 2.75) is 53.0 Å². The van der Waals surface area contributed by atoms with Crippen LogP contribution in [0, 0.1) is 27.7 Å². The van der Waals surface area contributed by atoms with Crippen LogP contribution in [0.15, 0.2) is 33.9 Å². The Bertz CT molecular complexity index is 991. The molecule has 0 saturated heterocycles. The average molecular weight is 400 g/mol. The highest BCUT2D eigenvalue weighted by atomic mass is 32.2. The second-order valence-electron chi connectivity index (χ2n) is 6.76. The summed E-state index contributed by atoms with van der Waals surface area (Å²) >= 11 is 1.25. The van der Waals surface area contributed by atoms with Gasteiger partial charge in [-0.05, 0) is 57.9 Å². The number of ether oxygens (including phenoxy) is 1. The maximum Gasteiger partial charge on any atom is 0.277 e. The second-order valence-corrected chi connectivity index (χ2v) is 7.69. The summed E-state index contributed by atoms with van der Waals surface area (Å²) in [6.45, 7) is 11.1. The van der Waals surface area contributed by atoms with Crippen molar-refractivity contribution in [3.63, 3.8) is 0 Å². The van der Waals surface area contributed by atoms with Gasteiger partial charge in [-0.25, -0.2) is 0 Å². The fraction of sp³-hybridized carbons (Fsp3) is 0.381. The Morgan fingerprint density at radius 2 is 1.96 bits per heavy atom. The quantitative estimate of drug-likeness (QED) is 0.405. The van der Waals surface area contributed by atoms with Crippen molar-refractivity contribution >= 4 is 17.5 Å². The SMILES string of the molecule is CCn1c(C)cc(C(=O)CSc2nnc(COc3cc(C)ccc3C)o2)c1C. The monoisotopic (exact) mass is 399 g/mol. The number of nitrogens with zero attached hydrogens (tertiary/aromatic N) is 3. The van der Waals surface area contributed by atoms with Gasteiger partial charge in [0.1, 0.15) is 5.75 Å². The number of Topliss-reactive ketones (excluding diaryl/α,β-unsaturated/α-hetero) is 1. The highest BCUT2D eigenvalue weighted by Gasteiger charge is 2.17. The van der Waals surface area contributed by atoms with E-state index in [1.807, 2.05) is 52.0 Å². The van der Waals surface area contributed by atoms with Gasteiger partial charge in [0.05, 0.1) is 5.75 Å². The van der Waals surface area contributed by atoms with E-state index in [-0.39, 0.29) is 18.1 Å². The molecule has 2 aromatic heterocycles. The Morgan fingerprint density at radius 1 is 1.18 bits per heavy atom. The molecular formula is C21H25N3O3S. The number of carbonyl (C=O) groups excluding carboxylic acids is 1. The van der Waals surface area contributed by atoms with Gasteiger partial charge >= 0.3 is 0 Å². The van der Waals surface area contributed by atoms with E-state index in [4.69, 9.17) is 9.15 Å². The molecule has 0 aliphatic heterocycles. The van der Waals surface area contributed by atoms with Crippen LogP contribution in [0.3, 0.4) is 0 Å². The fourth-order valence-electron chi connectivity index (χ4n) is 3.13. The molecule has 2 heterocycles. The van der Waals surface area contributed by atoms with Gasteiger partial charge in [-0.2, -0.15) is 0 Å². The maximum atomic E-state index is 12.6. The minimum absolute atomic E-state index is 0.0594. The van der Waals surface area contributed by atoms with Crippen molar-refractivity contribution in [2.24, 2.45) is 0 Å². The second kappa shape index (κ2) is 8.65. The first-order valence-corrected chi connectivity index (χ1v) is 10.2. The van der Waals surface area contributed by atoms with Crippen LogP contribution in [-0.4, -0.2) is 26.3 Å². The van der Waals surface area contributed by atoms with E-state index in [0.29, 0.717) is 11.1 Å².